The Morgan fingerprint density at radius 1 is 1.42 bits per heavy atom. The van der Waals surface area contributed by atoms with Crippen molar-refractivity contribution in [1.29, 1.82) is 0 Å². The number of Topliss-reactive ketones (excluding diaryl/α,β-unsaturated/α-hetero) is 1. The van der Waals surface area contributed by atoms with Gasteiger partial charge >= 0.3 is 5.97 Å². The summed E-state index contributed by atoms with van der Waals surface area (Å²) in [7, 11) is 0. The lowest BCUT2D eigenvalue weighted by Crippen LogP contribution is -2.03. The van der Waals surface area contributed by atoms with Crippen LogP contribution >= 0.6 is 11.3 Å². The van der Waals surface area contributed by atoms with Crippen molar-refractivity contribution < 1.29 is 14.7 Å². The number of carboxylic acid groups (broad SMARTS) is 1. The first kappa shape index (κ1) is 13.4. The predicted molar refractivity (Wildman–Crippen MR) is 70.7 cm³/mol. The van der Waals surface area contributed by atoms with Gasteiger partial charge in [-0.25, -0.2) is 9.78 Å². The van der Waals surface area contributed by atoms with Gasteiger partial charge in [0.2, 0.25) is 0 Å². The Kier molecular flexibility index (Phi) is 3.48. The SMILES string of the molecule is CC(=O)c1sc(-c2cnn(C(C)C)c2)nc1C(=O)O. The van der Waals surface area contributed by atoms with Crippen LogP contribution in [0.25, 0.3) is 10.6 Å². The number of aromatic nitrogens is 3. The molecule has 0 amide bonds. The van der Waals surface area contributed by atoms with Crippen molar-refractivity contribution in [3.05, 3.63) is 23.0 Å². The number of nitrogens with zero attached hydrogens (tertiary/aromatic N) is 3. The van der Waals surface area contributed by atoms with Gasteiger partial charge in [0.1, 0.15) is 9.88 Å². The second-order valence-corrected chi connectivity index (χ2v) is 5.36. The highest BCUT2D eigenvalue weighted by atomic mass is 32.1. The lowest BCUT2D eigenvalue weighted by molar-refractivity contribution is 0.0687. The van der Waals surface area contributed by atoms with Crippen LogP contribution in [0.15, 0.2) is 12.4 Å². The molecule has 19 heavy (non-hydrogen) atoms. The van der Waals surface area contributed by atoms with Crippen LogP contribution in [0.2, 0.25) is 0 Å². The minimum absolute atomic E-state index is 0.166. The first-order valence-electron chi connectivity index (χ1n) is 5.69. The summed E-state index contributed by atoms with van der Waals surface area (Å²) in [5.74, 6) is -1.48. The zero-order valence-electron chi connectivity index (χ0n) is 10.7. The molecule has 0 aliphatic carbocycles. The number of carboxylic acids is 1. The molecule has 0 spiro atoms. The molecule has 7 heteroatoms. The van der Waals surface area contributed by atoms with Crippen molar-refractivity contribution in [2.45, 2.75) is 26.8 Å². The number of ketones is 1. The van der Waals surface area contributed by atoms with Gasteiger partial charge in [-0.1, -0.05) is 0 Å². The van der Waals surface area contributed by atoms with Crippen molar-refractivity contribution in [3.63, 3.8) is 0 Å². The molecule has 0 unspecified atom stereocenters. The molecule has 0 bridgehead atoms. The molecule has 0 radical (unpaired) electrons. The molecule has 100 valence electrons. The van der Waals surface area contributed by atoms with Gasteiger partial charge in [-0.15, -0.1) is 11.3 Å². The number of thiazole rings is 1. The monoisotopic (exact) mass is 279 g/mol. The van der Waals surface area contributed by atoms with Gasteiger partial charge in [0.15, 0.2) is 11.5 Å². The van der Waals surface area contributed by atoms with Crippen molar-refractivity contribution in [3.8, 4) is 10.6 Å². The Morgan fingerprint density at radius 2 is 2.11 bits per heavy atom. The third kappa shape index (κ3) is 2.55. The zero-order valence-corrected chi connectivity index (χ0v) is 11.6. The van der Waals surface area contributed by atoms with Gasteiger partial charge in [-0.05, 0) is 13.8 Å². The molecule has 2 aromatic rings. The smallest absolute Gasteiger partial charge is 0.356 e. The van der Waals surface area contributed by atoms with Crippen molar-refractivity contribution in [2.75, 3.05) is 0 Å². The van der Waals surface area contributed by atoms with Crippen molar-refractivity contribution >= 4 is 23.1 Å². The van der Waals surface area contributed by atoms with Gasteiger partial charge in [0, 0.05) is 24.7 Å². The molecule has 0 aliphatic rings. The lowest BCUT2D eigenvalue weighted by atomic mass is 10.3. The maximum absolute atomic E-state index is 11.4. The maximum atomic E-state index is 11.4. The van der Waals surface area contributed by atoms with Crippen molar-refractivity contribution in [1.82, 2.24) is 14.8 Å². The molecule has 0 aromatic carbocycles. The third-order valence-corrected chi connectivity index (χ3v) is 3.73. The van der Waals surface area contributed by atoms with Gasteiger partial charge in [-0.2, -0.15) is 5.10 Å². The summed E-state index contributed by atoms with van der Waals surface area (Å²) in [4.78, 5) is 26.7. The summed E-state index contributed by atoms with van der Waals surface area (Å²) in [6, 6.07) is 0.208. The molecule has 2 heterocycles. The Bertz CT molecular complexity index is 611. The van der Waals surface area contributed by atoms with Crippen molar-refractivity contribution in [2.24, 2.45) is 0 Å². The largest absolute Gasteiger partial charge is 0.476 e. The second-order valence-electron chi connectivity index (χ2n) is 4.36. The minimum Gasteiger partial charge on any atom is -0.476 e. The highest BCUT2D eigenvalue weighted by molar-refractivity contribution is 7.17. The Balaban J connectivity index is 2.47. The van der Waals surface area contributed by atoms with Crippen LogP contribution in [0, 0.1) is 0 Å². The van der Waals surface area contributed by atoms with E-state index in [2.05, 4.69) is 10.1 Å². The standard InChI is InChI=1S/C12H13N3O3S/c1-6(2)15-5-8(4-13-15)11-14-9(12(17)18)10(19-11)7(3)16/h4-6H,1-3H3,(H,17,18). The number of aromatic carboxylic acids is 1. The summed E-state index contributed by atoms with van der Waals surface area (Å²) in [5.41, 5.74) is 0.526. The molecule has 0 saturated heterocycles. The van der Waals surface area contributed by atoms with Gasteiger partial charge in [0.25, 0.3) is 0 Å². The van der Waals surface area contributed by atoms with E-state index < -0.39 is 5.97 Å². The first-order chi connectivity index (χ1) is 8.90. The summed E-state index contributed by atoms with van der Waals surface area (Å²) < 4.78 is 1.75. The van der Waals surface area contributed by atoms with Gasteiger partial charge in [-0.3, -0.25) is 9.48 Å². The molecule has 0 fully saturated rings. The first-order valence-corrected chi connectivity index (χ1v) is 6.51. The molecular formula is C12H13N3O3S. The average Bonchev–Trinajstić information content (AvgIpc) is 2.95. The number of carbonyl (C=O) groups excluding carboxylic acids is 1. The van der Waals surface area contributed by atoms with E-state index in [1.54, 1.807) is 17.1 Å². The van der Waals surface area contributed by atoms with Crippen LogP contribution in [0.5, 0.6) is 0 Å². The average molecular weight is 279 g/mol. The van der Waals surface area contributed by atoms with E-state index in [-0.39, 0.29) is 22.4 Å². The summed E-state index contributed by atoms with van der Waals surface area (Å²) in [6.45, 7) is 5.31. The Hall–Kier alpha value is -2.02. The van der Waals surface area contributed by atoms with Crippen LogP contribution in [0.1, 0.15) is 47.0 Å². The molecule has 0 saturated carbocycles. The predicted octanol–water partition coefficient (Wildman–Crippen LogP) is 2.49. The van der Waals surface area contributed by atoms with E-state index in [0.29, 0.717) is 10.6 Å². The van der Waals surface area contributed by atoms with E-state index in [9.17, 15) is 9.59 Å². The van der Waals surface area contributed by atoms with E-state index in [0.717, 1.165) is 11.3 Å². The van der Waals surface area contributed by atoms with Crippen LogP contribution in [-0.4, -0.2) is 31.6 Å². The van der Waals surface area contributed by atoms with E-state index in [1.165, 1.54) is 6.92 Å². The highest BCUT2D eigenvalue weighted by Gasteiger charge is 2.21. The summed E-state index contributed by atoms with van der Waals surface area (Å²) in [6.07, 6.45) is 3.41. The third-order valence-electron chi connectivity index (χ3n) is 2.53. The quantitative estimate of drug-likeness (QED) is 0.869. The molecule has 6 nitrogen and oxygen atoms in total. The van der Waals surface area contributed by atoms with E-state index in [4.69, 9.17) is 5.11 Å². The molecule has 2 rings (SSSR count). The summed E-state index contributed by atoms with van der Waals surface area (Å²) >= 11 is 1.08. The second kappa shape index (κ2) is 4.93. The molecule has 1 N–H and O–H groups in total. The summed E-state index contributed by atoms with van der Waals surface area (Å²) in [5, 5.41) is 13.7. The van der Waals surface area contributed by atoms with Crippen LogP contribution in [0.3, 0.4) is 0 Å². The van der Waals surface area contributed by atoms with Crippen LogP contribution in [-0.2, 0) is 0 Å². The van der Waals surface area contributed by atoms with E-state index in [1.807, 2.05) is 13.8 Å². The fraction of sp³-hybridized carbons (Fsp3) is 0.333. The normalized spacial score (nSPS) is 10.9. The fourth-order valence-electron chi connectivity index (χ4n) is 1.56. The fourth-order valence-corrected chi connectivity index (χ4v) is 2.48. The van der Waals surface area contributed by atoms with Gasteiger partial charge < -0.3 is 5.11 Å². The Morgan fingerprint density at radius 3 is 2.53 bits per heavy atom. The number of hydrogen-bond acceptors (Lipinski definition) is 5. The lowest BCUT2D eigenvalue weighted by Gasteiger charge is -2.02. The van der Waals surface area contributed by atoms with E-state index >= 15 is 0 Å². The van der Waals surface area contributed by atoms with Gasteiger partial charge in [0.05, 0.1) is 6.20 Å². The minimum atomic E-state index is -1.19. The molecule has 0 aliphatic heterocycles. The maximum Gasteiger partial charge on any atom is 0.356 e. The number of hydrogen-bond donors (Lipinski definition) is 1. The molecular weight excluding hydrogens is 266 g/mol. The molecule has 2 aromatic heterocycles. The Labute approximate surface area is 113 Å². The van der Waals surface area contributed by atoms with Crippen LogP contribution < -0.4 is 0 Å². The molecule has 0 atom stereocenters. The van der Waals surface area contributed by atoms with Crippen LogP contribution in [0.4, 0.5) is 0 Å². The number of rotatable bonds is 4. The highest BCUT2D eigenvalue weighted by Crippen LogP contribution is 2.28. The topological polar surface area (TPSA) is 85.1 Å². The number of carbonyl (C=O) groups is 2. The zero-order chi connectivity index (χ0) is 14.2.